The maximum absolute atomic E-state index is 13.5. The van der Waals surface area contributed by atoms with E-state index in [1.165, 1.54) is 12.1 Å². The van der Waals surface area contributed by atoms with Gasteiger partial charge < -0.3 is 11.5 Å². The highest BCUT2D eigenvalue weighted by molar-refractivity contribution is 7.99. The van der Waals surface area contributed by atoms with Crippen molar-refractivity contribution < 1.29 is 9.18 Å². The van der Waals surface area contributed by atoms with Gasteiger partial charge in [-0.1, -0.05) is 13.0 Å². The van der Waals surface area contributed by atoms with Crippen LogP contribution in [0.25, 0.3) is 0 Å². The zero-order valence-corrected chi connectivity index (χ0v) is 9.89. The zero-order chi connectivity index (χ0) is 12.1. The number of hydrogen-bond acceptors (Lipinski definition) is 3. The van der Waals surface area contributed by atoms with E-state index >= 15 is 0 Å². The van der Waals surface area contributed by atoms with Gasteiger partial charge in [0.2, 0.25) is 5.91 Å². The molecule has 0 bridgehead atoms. The first-order valence-electron chi connectivity index (χ1n) is 4.94. The maximum atomic E-state index is 13.5. The van der Waals surface area contributed by atoms with Crippen molar-refractivity contribution in [2.45, 2.75) is 17.9 Å². The van der Waals surface area contributed by atoms with Crippen molar-refractivity contribution in [2.24, 2.45) is 11.5 Å². The molecule has 1 aromatic rings. The number of carbonyl (C=O) groups is 1. The van der Waals surface area contributed by atoms with Gasteiger partial charge >= 0.3 is 0 Å². The molecule has 0 spiro atoms. The normalized spacial score (nSPS) is 12.4. The van der Waals surface area contributed by atoms with Gasteiger partial charge in [0.05, 0.1) is 0 Å². The third kappa shape index (κ3) is 3.50. The predicted octanol–water partition coefficient (Wildman–Crippen LogP) is 1.51. The van der Waals surface area contributed by atoms with Gasteiger partial charge in [-0.15, -0.1) is 0 Å². The first-order valence-corrected chi connectivity index (χ1v) is 5.99. The molecule has 1 amide bonds. The largest absolute Gasteiger partial charge is 0.366 e. The molecular formula is C11H15FN2OS. The van der Waals surface area contributed by atoms with Crippen LogP contribution in [0.15, 0.2) is 18.2 Å². The van der Waals surface area contributed by atoms with Crippen LogP contribution >= 0.6 is 11.8 Å². The Hall–Kier alpha value is -1.07. The van der Waals surface area contributed by atoms with E-state index in [2.05, 4.69) is 0 Å². The Balaban J connectivity index is 2.72. The van der Waals surface area contributed by atoms with E-state index in [1.807, 2.05) is 6.92 Å². The van der Waals surface area contributed by atoms with Crippen molar-refractivity contribution in [2.75, 3.05) is 6.54 Å². The molecule has 0 radical (unpaired) electrons. The van der Waals surface area contributed by atoms with Gasteiger partial charge in [-0.25, -0.2) is 4.39 Å². The van der Waals surface area contributed by atoms with Crippen LogP contribution in [-0.2, 0) is 5.75 Å². The molecule has 16 heavy (non-hydrogen) atoms. The van der Waals surface area contributed by atoms with E-state index in [0.29, 0.717) is 17.9 Å². The lowest BCUT2D eigenvalue weighted by Crippen LogP contribution is -2.13. The third-order valence-electron chi connectivity index (χ3n) is 2.19. The summed E-state index contributed by atoms with van der Waals surface area (Å²) in [5.41, 5.74) is 11.3. The summed E-state index contributed by atoms with van der Waals surface area (Å²) in [6, 6.07) is 4.30. The Labute approximate surface area is 98.4 Å². The minimum absolute atomic E-state index is 0.193. The third-order valence-corrected chi connectivity index (χ3v) is 3.43. The Bertz CT molecular complexity index is 384. The van der Waals surface area contributed by atoms with E-state index < -0.39 is 11.7 Å². The number of benzene rings is 1. The summed E-state index contributed by atoms with van der Waals surface area (Å²) in [5.74, 6) is -0.468. The van der Waals surface area contributed by atoms with Crippen molar-refractivity contribution in [3.63, 3.8) is 0 Å². The van der Waals surface area contributed by atoms with E-state index in [1.54, 1.807) is 17.8 Å². The van der Waals surface area contributed by atoms with Gasteiger partial charge in [-0.05, 0) is 17.7 Å². The Morgan fingerprint density at radius 2 is 2.25 bits per heavy atom. The van der Waals surface area contributed by atoms with Gasteiger partial charge in [-0.3, -0.25) is 4.79 Å². The molecule has 5 heteroatoms. The zero-order valence-electron chi connectivity index (χ0n) is 9.07. The van der Waals surface area contributed by atoms with Crippen LogP contribution in [-0.4, -0.2) is 17.7 Å². The van der Waals surface area contributed by atoms with E-state index in [4.69, 9.17) is 11.5 Å². The molecule has 1 atom stereocenters. The lowest BCUT2D eigenvalue weighted by molar-refractivity contribution is 0.1000. The Morgan fingerprint density at radius 1 is 1.56 bits per heavy atom. The summed E-state index contributed by atoms with van der Waals surface area (Å²) in [7, 11) is 0. The van der Waals surface area contributed by atoms with E-state index in [-0.39, 0.29) is 10.8 Å². The molecule has 0 aromatic heterocycles. The van der Waals surface area contributed by atoms with Gasteiger partial charge in [0.1, 0.15) is 5.82 Å². The quantitative estimate of drug-likeness (QED) is 0.822. The molecule has 0 aliphatic heterocycles. The lowest BCUT2D eigenvalue weighted by atomic mass is 10.1. The number of amides is 1. The smallest absolute Gasteiger partial charge is 0.248 e. The monoisotopic (exact) mass is 242 g/mol. The van der Waals surface area contributed by atoms with Crippen molar-refractivity contribution >= 4 is 17.7 Å². The number of hydrogen-bond donors (Lipinski definition) is 2. The summed E-state index contributed by atoms with van der Waals surface area (Å²) < 4.78 is 13.5. The van der Waals surface area contributed by atoms with Gasteiger partial charge in [0.15, 0.2) is 0 Å². The Morgan fingerprint density at radius 3 is 2.75 bits per heavy atom. The summed E-state index contributed by atoms with van der Waals surface area (Å²) >= 11 is 1.58. The first-order chi connectivity index (χ1) is 7.54. The minimum atomic E-state index is -0.617. The van der Waals surface area contributed by atoms with Crippen LogP contribution in [0.4, 0.5) is 4.39 Å². The van der Waals surface area contributed by atoms with Crippen LogP contribution in [0.2, 0.25) is 0 Å². The van der Waals surface area contributed by atoms with Crippen molar-refractivity contribution in [3.8, 4) is 0 Å². The minimum Gasteiger partial charge on any atom is -0.366 e. The molecule has 3 nitrogen and oxygen atoms in total. The number of primary amides is 1. The standard InChI is InChI=1S/C11H15FN2OS/c1-7(5-13)16-6-9-3-2-8(11(14)15)4-10(9)12/h2-4,7H,5-6,13H2,1H3,(H2,14,15). The second kappa shape index (κ2) is 5.86. The van der Waals surface area contributed by atoms with Gasteiger partial charge in [0.25, 0.3) is 0 Å². The Kier molecular flexibility index (Phi) is 4.76. The SMILES string of the molecule is CC(CN)SCc1ccc(C(N)=O)cc1F. The number of rotatable bonds is 5. The van der Waals surface area contributed by atoms with Crippen LogP contribution in [0.5, 0.6) is 0 Å². The topological polar surface area (TPSA) is 69.1 Å². The van der Waals surface area contributed by atoms with E-state index in [0.717, 1.165) is 0 Å². The van der Waals surface area contributed by atoms with Crippen molar-refractivity contribution in [1.29, 1.82) is 0 Å². The predicted molar refractivity (Wildman–Crippen MR) is 64.7 cm³/mol. The van der Waals surface area contributed by atoms with Crippen molar-refractivity contribution in [1.82, 2.24) is 0 Å². The molecule has 1 aromatic carbocycles. The van der Waals surface area contributed by atoms with Crippen LogP contribution in [0, 0.1) is 5.82 Å². The molecular weight excluding hydrogens is 227 g/mol. The molecule has 4 N–H and O–H groups in total. The molecule has 1 unspecified atom stereocenters. The fourth-order valence-corrected chi connectivity index (χ4v) is 1.95. The van der Waals surface area contributed by atoms with E-state index in [9.17, 15) is 9.18 Å². The molecule has 0 heterocycles. The van der Waals surface area contributed by atoms with Crippen LogP contribution in [0.1, 0.15) is 22.8 Å². The molecule has 0 aliphatic rings. The molecule has 0 saturated heterocycles. The molecule has 0 saturated carbocycles. The molecule has 0 aliphatic carbocycles. The summed E-state index contributed by atoms with van der Waals surface area (Å²) in [5, 5.41) is 0.287. The highest BCUT2D eigenvalue weighted by Crippen LogP contribution is 2.20. The second-order valence-electron chi connectivity index (χ2n) is 3.53. The maximum Gasteiger partial charge on any atom is 0.248 e. The van der Waals surface area contributed by atoms with Crippen molar-refractivity contribution in [3.05, 3.63) is 35.1 Å². The number of halogens is 1. The van der Waals surface area contributed by atoms with Crippen LogP contribution in [0.3, 0.4) is 0 Å². The highest BCUT2D eigenvalue weighted by atomic mass is 32.2. The number of nitrogens with two attached hydrogens (primary N) is 2. The summed E-state index contributed by atoms with van der Waals surface area (Å²) in [6.07, 6.45) is 0. The van der Waals surface area contributed by atoms with Crippen LogP contribution < -0.4 is 11.5 Å². The first kappa shape index (κ1) is 13.0. The second-order valence-corrected chi connectivity index (χ2v) is 4.95. The number of thioether (sulfide) groups is 1. The van der Waals surface area contributed by atoms with Gasteiger partial charge in [-0.2, -0.15) is 11.8 Å². The average Bonchev–Trinajstić information content (AvgIpc) is 2.26. The fourth-order valence-electron chi connectivity index (χ4n) is 1.12. The lowest BCUT2D eigenvalue weighted by Gasteiger charge is -2.09. The summed E-state index contributed by atoms with van der Waals surface area (Å²) in [4.78, 5) is 10.8. The van der Waals surface area contributed by atoms with Gasteiger partial charge in [0, 0.05) is 23.1 Å². The molecule has 1 rings (SSSR count). The summed E-state index contributed by atoms with van der Waals surface area (Å²) in [6.45, 7) is 2.55. The molecule has 88 valence electrons. The number of carbonyl (C=O) groups excluding carboxylic acids is 1. The average molecular weight is 242 g/mol. The molecule has 0 fully saturated rings. The fraction of sp³-hybridized carbons (Fsp3) is 0.364. The highest BCUT2D eigenvalue weighted by Gasteiger charge is 2.08.